The Labute approximate surface area is 186 Å². The SMILES string of the molecule is CCCCOC(=O)N1CCC(c2nc(-c3cc4ccccc4[nH]3)c3c(N)nccn23)CC1. The van der Waals surface area contributed by atoms with E-state index in [1.165, 1.54) is 0 Å². The number of fused-ring (bicyclic) bond motifs is 2. The molecular weight excluding hydrogens is 404 g/mol. The molecular formula is C24H28N6O2. The van der Waals surface area contributed by atoms with Crippen molar-refractivity contribution in [3.05, 3.63) is 48.5 Å². The highest BCUT2D eigenvalue weighted by atomic mass is 16.6. The number of carbonyl (C=O) groups excluding carboxylic acids is 1. The first-order valence-corrected chi connectivity index (χ1v) is 11.3. The van der Waals surface area contributed by atoms with Crippen molar-refractivity contribution in [2.45, 2.75) is 38.5 Å². The van der Waals surface area contributed by atoms with Crippen LogP contribution in [0.3, 0.4) is 0 Å². The number of ether oxygens (including phenoxy) is 1. The summed E-state index contributed by atoms with van der Waals surface area (Å²) in [6, 6.07) is 10.3. The van der Waals surface area contributed by atoms with Crippen molar-refractivity contribution in [1.82, 2.24) is 24.3 Å². The molecule has 0 radical (unpaired) electrons. The highest BCUT2D eigenvalue weighted by molar-refractivity contribution is 5.91. The minimum absolute atomic E-state index is 0.211. The van der Waals surface area contributed by atoms with Crippen molar-refractivity contribution in [2.75, 3.05) is 25.4 Å². The number of H-pyrrole nitrogens is 1. The lowest BCUT2D eigenvalue weighted by molar-refractivity contribution is 0.0911. The molecule has 8 heteroatoms. The van der Waals surface area contributed by atoms with E-state index < -0.39 is 0 Å². The Balaban J connectivity index is 1.43. The van der Waals surface area contributed by atoms with E-state index in [0.29, 0.717) is 25.5 Å². The van der Waals surface area contributed by atoms with Crippen LogP contribution in [0.5, 0.6) is 0 Å². The summed E-state index contributed by atoms with van der Waals surface area (Å²) < 4.78 is 7.44. The van der Waals surface area contributed by atoms with Crippen LogP contribution >= 0.6 is 0 Å². The van der Waals surface area contributed by atoms with Crippen molar-refractivity contribution in [3.8, 4) is 11.4 Å². The number of imidazole rings is 1. The van der Waals surface area contributed by atoms with Crippen LogP contribution in [0.4, 0.5) is 10.6 Å². The minimum Gasteiger partial charge on any atom is -0.449 e. The zero-order valence-corrected chi connectivity index (χ0v) is 18.3. The molecule has 166 valence electrons. The van der Waals surface area contributed by atoms with Crippen LogP contribution in [-0.4, -0.2) is 50.0 Å². The molecule has 0 saturated carbocycles. The molecule has 1 aromatic carbocycles. The van der Waals surface area contributed by atoms with Crippen LogP contribution in [0.2, 0.25) is 0 Å². The molecule has 3 N–H and O–H groups in total. The maximum atomic E-state index is 12.3. The number of aromatic nitrogens is 4. The van der Waals surface area contributed by atoms with Gasteiger partial charge in [-0.3, -0.25) is 4.40 Å². The second-order valence-corrected chi connectivity index (χ2v) is 8.35. The maximum Gasteiger partial charge on any atom is 0.409 e. The number of nitrogens with one attached hydrogen (secondary N) is 1. The largest absolute Gasteiger partial charge is 0.449 e. The Kier molecular flexibility index (Phi) is 5.43. The van der Waals surface area contributed by atoms with E-state index in [0.717, 1.165) is 59.3 Å². The van der Waals surface area contributed by atoms with Gasteiger partial charge in [-0.1, -0.05) is 31.5 Å². The van der Waals surface area contributed by atoms with E-state index >= 15 is 0 Å². The minimum atomic E-state index is -0.211. The number of aromatic amines is 1. The molecule has 1 aliphatic rings. The topological polar surface area (TPSA) is 102 Å². The van der Waals surface area contributed by atoms with Crippen LogP contribution in [0, 0.1) is 0 Å². The summed E-state index contributed by atoms with van der Waals surface area (Å²) in [5, 5.41) is 1.13. The van der Waals surface area contributed by atoms with Gasteiger partial charge in [0.15, 0.2) is 0 Å². The summed E-state index contributed by atoms with van der Waals surface area (Å²) in [5.74, 6) is 1.64. The maximum absolute atomic E-state index is 12.3. The first-order valence-electron chi connectivity index (χ1n) is 11.3. The molecule has 1 saturated heterocycles. The summed E-state index contributed by atoms with van der Waals surface area (Å²) in [6.07, 6.45) is 6.99. The molecule has 0 unspecified atom stereocenters. The number of likely N-dealkylation sites (tertiary alicyclic amines) is 1. The number of hydrogen-bond donors (Lipinski definition) is 2. The molecule has 0 bridgehead atoms. The van der Waals surface area contributed by atoms with Gasteiger partial charge < -0.3 is 20.4 Å². The molecule has 5 rings (SSSR count). The van der Waals surface area contributed by atoms with Crippen molar-refractivity contribution in [2.24, 2.45) is 0 Å². The quantitative estimate of drug-likeness (QED) is 0.450. The summed E-state index contributed by atoms with van der Waals surface area (Å²) in [5.41, 5.74) is 9.90. The van der Waals surface area contributed by atoms with Crippen LogP contribution in [0.15, 0.2) is 42.7 Å². The number of piperidine rings is 1. The van der Waals surface area contributed by atoms with Gasteiger partial charge in [0.25, 0.3) is 0 Å². The normalized spacial score (nSPS) is 15.0. The summed E-state index contributed by atoms with van der Waals surface area (Å²) in [7, 11) is 0. The third-order valence-electron chi connectivity index (χ3n) is 6.24. The Morgan fingerprint density at radius 3 is 2.88 bits per heavy atom. The van der Waals surface area contributed by atoms with Crippen LogP contribution in [0.25, 0.3) is 27.8 Å². The molecule has 1 fully saturated rings. The van der Waals surface area contributed by atoms with Gasteiger partial charge in [0.2, 0.25) is 0 Å². The fraction of sp³-hybridized carbons (Fsp3) is 0.375. The van der Waals surface area contributed by atoms with E-state index in [1.807, 2.05) is 18.3 Å². The molecule has 4 aromatic rings. The van der Waals surface area contributed by atoms with Gasteiger partial charge in [-0.15, -0.1) is 0 Å². The second-order valence-electron chi connectivity index (χ2n) is 8.35. The predicted molar refractivity (Wildman–Crippen MR) is 124 cm³/mol. The van der Waals surface area contributed by atoms with Crippen molar-refractivity contribution >= 4 is 28.3 Å². The number of nitrogens with two attached hydrogens (primary N) is 1. The molecule has 32 heavy (non-hydrogen) atoms. The molecule has 1 aliphatic heterocycles. The van der Waals surface area contributed by atoms with Crippen molar-refractivity contribution < 1.29 is 9.53 Å². The van der Waals surface area contributed by atoms with Gasteiger partial charge in [0, 0.05) is 42.3 Å². The van der Waals surface area contributed by atoms with Crippen molar-refractivity contribution in [3.63, 3.8) is 0 Å². The fourth-order valence-electron chi connectivity index (χ4n) is 4.48. The third-order valence-corrected chi connectivity index (χ3v) is 6.24. The molecule has 1 amide bonds. The van der Waals surface area contributed by atoms with Crippen LogP contribution in [-0.2, 0) is 4.74 Å². The summed E-state index contributed by atoms with van der Waals surface area (Å²) >= 11 is 0. The summed E-state index contributed by atoms with van der Waals surface area (Å²) in [4.78, 5) is 26.9. The van der Waals surface area contributed by atoms with E-state index in [-0.39, 0.29) is 12.0 Å². The van der Waals surface area contributed by atoms with Gasteiger partial charge in [-0.2, -0.15) is 0 Å². The standard InChI is InChI=1S/C24H28N6O2/c1-2-3-14-32-24(31)29-11-8-16(9-12-29)23-28-20(21-22(25)26-10-13-30(21)23)19-15-17-6-4-5-7-18(17)27-19/h4-7,10,13,15-16,27H,2-3,8-9,11-12,14H2,1H3,(H2,25,26). The number of carbonyl (C=O) groups is 1. The highest BCUT2D eigenvalue weighted by Gasteiger charge is 2.29. The third kappa shape index (κ3) is 3.66. The zero-order valence-electron chi connectivity index (χ0n) is 18.3. The van der Waals surface area contributed by atoms with Crippen LogP contribution in [0.1, 0.15) is 44.3 Å². The number of hydrogen-bond acceptors (Lipinski definition) is 5. The number of nitrogen functional groups attached to an aromatic ring is 1. The van der Waals surface area contributed by atoms with Gasteiger partial charge in [-0.05, 0) is 31.4 Å². The average Bonchev–Trinajstić information content (AvgIpc) is 3.42. The number of unbranched alkanes of at least 4 members (excludes halogenated alkanes) is 1. The molecule has 0 spiro atoms. The number of para-hydroxylation sites is 1. The smallest absolute Gasteiger partial charge is 0.409 e. The first kappa shape index (κ1) is 20.4. The van der Waals surface area contributed by atoms with E-state index in [2.05, 4.69) is 39.5 Å². The van der Waals surface area contributed by atoms with Crippen LogP contribution < -0.4 is 5.73 Å². The average molecular weight is 433 g/mol. The van der Waals surface area contributed by atoms with E-state index in [4.69, 9.17) is 15.5 Å². The number of rotatable bonds is 5. The number of nitrogens with zero attached hydrogens (tertiary/aromatic N) is 4. The lowest BCUT2D eigenvalue weighted by Crippen LogP contribution is -2.38. The van der Waals surface area contributed by atoms with Gasteiger partial charge in [-0.25, -0.2) is 14.8 Å². The first-order chi connectivity index (χ1) is 15.7. The highest BCUT2D eigenvalue weighted by Crippen LogP contribution is 2.35. The Bertz CT molecular complexity index is 1220. The second kappa shape index (κ2) is 8.53. The van der Waals surface area contributed by atoms with Gasteiger partial charge in [0.1, 0.15) is 22.9 Å². The van der Waals surface area contributed by atoms with E-state index in [1.54, 1.807) is 11.1 Å². The Hall–Kier alpha value is -3.55. The Morgan fingerprint density at radius 2 is 2.09 bits per heavy atom. The van der Waals surface area contributed by atoms with E-state index in [9.17, 15) is 4.79 Å². The predicted octanol–water partition coefficient (Wildman–Crippen LogP) is 4.58. The lowest BCUT2D eigenvalue weighted by Gasteiger charge is -2.30. The monoisotopic (exact) mass is 432 g/mol. The number of anilines is 1. The van der Waals surface area contributed by atoms with Gasteiger partial charge >= 0.3 is 6.09 Å². The summed E-state index contributed by atoms with van der Waals surface area (Å²) in [6.45, 7) is 3.89. The van der Waals surface area contributed by atoms with Gasteiger partial charge in [0.05, 0.1) is 12.3 Å². The molecule has 0 atom stereocenters. The lowest BCUT2D eigenvalue weighted by atomic mass is 9.96. The molecule has 4 heterocycles. The number of benzene rings is 1. The van der Waals surface area contributed by atoms with Crippen molar-refractivity contribution in [1.29, 1.82) is 0 Å². The zero-order chi connectivity index (χ0) is 22.1. The fourth-order valence-corrected chi connectivity index (χ4v) is 4.48. The molecule has 3 aromatic heterocycles. The molecule has 8 nitrogen and oxygen atoms in total. The Morgan fingerprint density at radius 1 is 1.28 bits per heavy atom. The molecule has 0 aliphatic carbocycles. The number of amides is 1.